The van der Waals surface area contributed by atoms with Gasteiger partial charge in [-0.05, 0) is 31.0 Å². The lowest BCUT2D eigenvalue weighted by Crippen LogP contribution is -2.00. The Labute approximate surface area is 117 Å². The van der Waals surface area contributed by atoms with Crippen LogP contribution in [-0.2, 0) is 6.61 Å². The molecule has 0 aliphatic rings. The maximum Gasteiger partial charge on any atom is 0.142 e. The third-order valence-electron chi connectivity index (χ3n) is 2.98. The van der Waals surface area contributed by atoms with E-state index in [2.05, 4.69) is 0 Å². The van der Waals surface area contributed by atoms with E-state index in [-0.39, 0.29) is 11.6 Å². The number of nitrogen functional groups attached to an aromatic ring is 1. The number of ether oxygens (including phenoxy) is 1. The summed E-state index contributed by atoms with van der Waals surface area (Å²) in [5.41, 5.74) is 9.12. The molecule has 2 aromatic carbocycles. The molecule has 0 heterocycles. The number of rotatable bonds is 3. The maximum absolute atomic E-state index is 13.3. The van der Waals surface area contributed by atoms with Crippen molar-refractivity contribution in [1.82, 2.24) is 0 Å². The van der Waals surface area contributed by atoms with E-state index in [1.165, 1.54) is 6.07 Å². The van der Waals surface area contributed by atoms with Gasteiger partial charge in [0.15, 0.2) is 0 Å². The first-order valence-corrected chi connectivity index (χ1v) is 6.29. The fraction of sp³-hybridized carbons (Fsp3) is 0.200. The Bertz CT molecular complexity index is 613. The molecule has 0 saturated carbocycles. The highest BCUT2D eigenvalue weighted by atomic mass is 35.5. The van der Waals surface area contributed by atoms with Gasteiger partial charge in [-0.1, -0.05) is 29.8 Å². The van der Waals surface area contributed by atoms with Crippen molar-refractivity contribution in [2.45, 2.75) is 20.5 Å². The van der Waals surface area contributed by atoms with Crippen molar-refractivity contribution < 1.29 is 9.13 Å². The van der Waals surface area contributed by atoms with Gasteiger partial charge in [-0.3, -0.25) is 0 Å². The maximum atomic E-state index is 13.3. The summed E-state index contributed by atoms with van der Waals surface area (Å²) in [6.07, 6.45) is 0. The lowest BCUT2D eigenvalue weighted by molar-refractivity contribution is 0.303. The monoisotopic (exact) mass is 279 g/mol. The standard InChI is InChI=1S/C15H15ClFNO/c1-9-6-10(2)14(7-13(9)18)19-8-11-4-3-5-12(17)15(11)16/h3-7H,8,18H2,1-2H3. The van der Waals surface area contributed by atoms with Crippen LogP contribution in [0.2, 0.25) is 5.02 Å². The molecular weight excluding hydrogens is 265 g/mol. The molecule has 0 amide bonds. The molecule has 0 bridgehead atoms. The summed E-state index contributed by atoms with van der Waals surface area (Å²) in [6, 6.07) is 8.39. The van der Waals surface area contributed by atoms with Crippen molar-refractivity contribution in [2.75, 3.05) is 5.73 Å². The van der Waals surface area contributed by atoms with Crippen LogP contribution in [0.1, 0.15) is 16.7 Å². The highest BCUT2D eigenvalue weighted by Gasteiger charge is 2.08. The zero-order valence-corrected chi connectivity index (χ0v) is 11.6. The first-order chi connectivity index (χ1) is 8.99. The van der Waals surface area contributed by atoms with Gasteiger partial charge >= 0.3 is 0 Å². The molecule has 2 aromatic rings. The average molecular weight is 280 g/mol. The number of benzene rings is 2. The lowest BCUT2D eigenvalue weighted by Gasteiger charge is -2.12. The second-order valence-electron chi connectivity index (χ2n) is 4.48. The number of hydrogen-bond donors (Lipinski definition) is 1. The van der Waals surface area contributed by atoms with Gasteiger partial charge in [0, 0.05) is 17.3 Å². The first kappa shape index (κ1) is 13.7. The van der Waals surface area contributed by atoms with Gasteiger partial charge in [0.1, 0.15) is 18.2 Å². The first-order valence-electron chi connectivity index (χ1n) is 5.91. The molecule has 0 unspecified atom stereocenters. The van der Waals surface area contributed by atoms with Crippen LogP contribution in [0.5, 0.6) is 5.75 Å². The van der Waals surface area contributed by atoms with E-state index in [0.717, 1.165) is 11.1 Å². The number of nitrogens with two attached hydrogens (primary N) is 1. The van der Waals surface area contributed by atoms with E-state index in [4.69, 9.17) is 22.1 Å². The molecule has 2 rings (SSSR count). The van der Waals surface area contributed by atoms with Gasteiger partial charge in [0.25, 0.3) is 0 Å². The Kier molecular flexibility index (Phi) is 3.96. The fourth-order valence-corrected chi connectivity index (χ4v) is 2.00. The van der Waals surface area contributed by atoms with Crippen LogP contribution < -0.4 is 10.5 Å². The van der Waals surface area contributed by atoms with E-state index in [1.54, 1.807) is 18.2 Å². The Morgan fingerprint density at radius 1 is 1.21 bits per heavy atom. The summed E-state index contributed by atoms with van der Waals surface area (Å²) in [5, 5.41) is 0.0974. The molecule has 0 aliphatic carbocycles. The van der Waals surface area contributed by atoms with E-state index >= 15 is 0 Å². The number of aryl methyl sites for hydroxylation is 2. The zero-order chi connectivity index (χ0) is 14.0. The van der Waals surface area contributed by atoms with Gasteiger partial charge in [0.2, 0.25) is 0 Å². The van der Waals surface area contributed by atoms with E-state index in [0.29, 0.717) is 17.0 Å². The molecule has 4 heteroatoms. The molecule has 0 fully saturated rings. The number of halogens is 2. The summed E-state index contributed by atoms with van der Waals surface area (Å²) >= 11 is 5.88. The smallest absolute Gasteiger partial charge is 0.142 e. The van der Waals surface area contributed by atoms with Crippen molar-refractivity contribution in [2.24, 2.45) is 0 Å². The van der Waals surface area contributed by atoms with Crippen molar-refractivity contribution >= 4 is 17.3 Å². The van der Waals surface area contributed by atoms with Crippen LogP contribution in [0, 0.1) is 19.7 Å². The molecule has 2 N–H and O–H groups in total. The van der Waals surface area contributed by atoms with E-state index in [1.807, 2.05) is 19.9 Å². The van der Waals surface area contributed by atoms with Gasteiger partial charge < -0.3 is 10.5 Å². The molecule has 0 atom stereocenters. The normalized spacial score (nSPS) is 10.5. The summed E-state index contributed by atoms with van der Waals surface area (Å²) in [4.78, 5) is 0. The largest absolute Gasteiger partial charge is 0.488 e. The minimum atomic E-state index is -0.442. The van der Waals surface area contributed by atoms with E-state index < -0.39 is 5.82 Å². The van der Waals surface area contributed by atoms with Crippen LogP contribution in [0.25, 0.3) is 0 Å². The van der Waals surface area contributed by atoms with Crippen molar-refractivity contribution in [3.8, 4) is 5.75 Å². The van der Waals surface area contributed by atoms with Crippen LogP contribution in [0.4, 0.5) is 10.1 Å². The summed E-state index contributed by atoms with van der Waals surface area (Å²) in [6.45, 7) is 4.09. The Hall–Kier alpha value is -1.74. The second kappa shape index (κ2) is 5.49. The molecule has 0 aliphatic heterocycles. The average Bonchev–Trinajstić information content (AvgIpc) is 2.37. The summed E-state index contributed by atoms with van der Waals surface area (Å²) < 4.78 is 19.0. The Balaban J connectivity index is 2.19. The third-order valence-corrected chi connectivity index (χ3v) is 3.40. The SMILES string of the molecule is Cc1cc(C)c(OCc2cccc(F)c2Cl)cc1N. The van der Waals surface area contributed by atoms with Gasteiger partial charge in [-0.25, -0.2) is 4.39 Å². The van der Waals surface area contributed by atoms with Crippen LogP contribution in [0.15, 0.2) is 30.3 Å². The number of hydrogen-bond acceptors (Lipinski definition) is 2. The minimum Gasteiger partial charge on any atom is -0.488 e. The molecular formula is C15H15ClFNO. The minimum absolute atomic E-state index is 0.0974. The molecule has 100 valence electrons. The van der Waals surface area contributed by atoms with Gasteiger partial charge in [-0.2, -0.15) is 0 Å². The topological polar surface area (TPSA) is 35.2 Å². The van der Waals surface area contributed by atoms with Gasteiger partial charge in [-0.15, -0.1) is 0 Å². The predicted octanol–water partition coefficient (Wildman–Crippen LogP) is 4.26. The van der Waals surface area contributed by atoms with Crippen molar-refractivity contribution in [1.29, 1.82) is 0 Å². The quantitative estimate of drug-likeness (QED) is 0.852. The lowest BCUT2D eigenvalue weighted by atomic mass is 10.1. The zero-order valence-electron chi connectivity index (χ0n) is 10.8. The van der Waals surface area contributed by atoms with E-state index in [9.17, 15) is 4.39 Å². The number of anilines is 1. The Morgan fingerprint density at radius 3 is 2.68 bits per heavy atom. The fourth-order valence-electron chi connectivity index (χ4n) is 1.82. The second-order valence-corrected chi connectivity index (χ2v) is 4.85. The molecule has 0 saturated heterocycles. The van der Waals surface area contributed by atoms with Crippen molar-refractivity contribution in [3.63, 3.8) is 0 Å². The molecule has 0 spiro atoms. The molecule has 19 heavy (non-hydrogen) atoms. The van der Waals surface area contributed by atoms with Crippen LogP contribution in [-0.4, -0.2) is 0 Å². The molecule has 0 radical (unpaired) electrons. The van der Waals surface area contributed by atoms with Crippen LogP contribution in [0.3, 0.4) is 0 Å². The van der Waals surface area contributed by atoms with Crippen LogP contribution >= 0.6 is 11.6 Å². The predicted molar refractivity (Wildman–Crippen MR) is 76.1 cm³/mol. The molecule has 2 nitrogen and oxygen atoms in total. The summed E-state index contributed by atoms with van der Waals surface area (Å²) in [7, 11) is 0. The third kappa shape index (κ3) is 2.99. The Morgan fingerprint density at radius 2 is 1.95 bits per heavy atom. The summed E-state index contributed by atoms with van der Waals surface area (Å²) in [5.74, 6) is 0.242. The van der Waals surface area contributed by atoms with Gasteiger partial charge in [0.05, 0.1) is 5.02 Å². The van der Waals surface area contributed by atoms with Crippen molar-refractivity contribution in [3.05, 3.63) is 57.9 Å². The highest BCUT2D eigenvalue weighted by Crippen LogP contribution is 2.27. The highest BCUT2D eigenvalue weighted by molar-refractivity contribution is 6.31. The molecule has 0 aromatic heterocycles.